The molecule has 112 valence electrons. The molecular formula is C15H20N3O2S+. The molecule has 0 aromatic carbocycles. The van der Waals surface area contributed by atoms with Gasteiger partial charge in [0.05, 0.1) is 30.8 Å². The Morgan fingerprint density at radius 2 is 2.19 bits per heavy atom. The van der Waals surface area contributed by atoms with Gasteiger partial charge in [-0.1, -0.05) is 12.2 Å². The largest absolute Gasteiger partial charge is 0.462 e. The Bertz CT molecular complexity index is 640. The number of nitriles is 1. The zero-order chi connectivity index (χ0) is 15.4. The van der Waals surface area contributed by atoms with Gasteiger partial charge in [-0.05, 0) is 19.9 Å². The number of carbonyl (C=O) groups is 1. The van der Waals surface area contributed by atoms with Crippen molar-refractivity contribution in [2.75, 3.05) is 19.7 Å². The lowest BCUT2D eigenvalue weighted by molar-refractivity contribution is -0.910. The number of pyridine rings is 1. The minimum Gasteiger partial charge on any atom is -0.462 e. The summed E-state index contributed by atoms with van der Waals surface area (Å²) in [6, 6.07) is 3.63. The Balaban J connectivity index is 2.46. The van der Waals surface area contributed by atoms with Crippen LogP contribution in [0.1, 0.15) is 41.4 Å². The summed E-state index contributed by atoms with van der Waals surface area (Å²) in [4.78, 5) is 13.5. The fourth-order valence-corrected chi connectivity index (χ4v) is 3.00. The maximum atomic E-state index is 12.0. The molecule has 0 amide bonds. The van der Waals surface area contributed by atoms with Crippen molar-refractivity contribution >= 4 is 18.2 Å². The first kappa shape index (κ1) is 15.7. The third-order valence-corrected chi connectivity index (χ3v) is 4.31. The van der Waals surface area contributed by atoms with E-state index in [9.17, 15) is 10.1 Å². The van der Waals surface area contributed by atoms with Gasteiger partial charge < -0.3 is 9.64 Å². The molecule has 1 aromatic rings. The maximum absolute atomic E-state index is 12.0. The van der Waals surface area contributed by atoms with Crippen LogP contribution in [0.4, 0.5) is 0 Å². The summed E-state index contributed by atoms with van der Waals surface area (Å²) in [6.07, 6.45) is 2.43. The van der Waals surface area contributed by atoms with Crippen molar-refractivity contribution in [3.8, 4) is 6.07 Å². The molecule has 0 bridgehead atoms. The molecule has 0 unspecified atom stereocenters. The van der Waals surface area contributed by atoms with Crippen LogP contribution in [0.2, 0.25) is 0 Å². The van der Waals surface area contributed by atoms with Crippen LogP contribution in [0.25, 0.3) is 0 Å². The van der Waals surface area contributed by atoms with Gasteiger partial charge in [0.2, 0.25) is 0 Å². The Morgan fingerprint density at radius 3 is 2.76 bits per heavy atom. The van der Waals surface area contributed by atoms with E-state index in [0.29, 0.717) is 29.0 Å². The number of nitrogens with zero attached hydrogens (tertiary/aromatic N) is 2. The highest BCUT2D eigenvalue weighted by atomic mass is 32.1. The molecule has 0 spiro atoms. The van der Waals surface area contributed by atoms with E-state index in [1.807, 2.05) is 11.5 Å². The normalized spacial score (nSPS) is 14.9. The number of carbonyl (C=O) groups excluding carboxylic acids is 1. The van der Waals surface area contributed by atoms with Gasteiger partial charge in [0, 0.05) is 18.5 Å². The molecule has 21 heavy (non-hydrogen) atoms. The third-order valence-electron chi connectivity index (χ3n) is 3.87. The number of hydrogen-bond acceptors (Lipinski definition) is 4. The summed E-state index contributed by atoms with van der Waals surface area (Å²) < 4.78 is 7.48. The molecule has 1 aromatic heterocycles. The molecule has 1 aliphatic rings. The lowest BCUT2D eigenvalue weighted by Crippen LogP contribution is -3.09. The van der Waals surface area contributed by atoms with Crippen molar-refractivity contribution in [2.45, 2.75) is 33.4 Å². The van der Waals surface area contributed by atoms with Crippen molar-refractivity contribution in [1.29, 1.82) is 5.26 Å². The molecule has 1 saturated heterocycles. The summed E-state index contributed by atoms with van der Waals surface area (Å²) >= 11 is 5.40. The van der Waals surface area contributed by atoms with E-state index < -0.39 is 5.97 Å². The summed E-state index contributed by atoms with van der Waals surface area (Å²) in [7, 11) is 0. The van der Waals surface area contributed by atoms with Crippen LogP contribution in [0.3, 0.4) is 0 Å². The summed E-state index contributed by atoms with van der Waals surface area (Å²) in [5.41, 5.74) is 1.56. The summed E-state index contributed by atoms with van der Waals surface area (Å²) in [6.45, 7) is 6.85. The molecule has 1 fully saturated rings. The van der Waals surface area contributed by atoms with E-state index in [1.165, 1.54) is 17.7 Å². The molecule has 0 radical (unpaired) electrons. The first-order chi connectivity index (χ1) is 10.1. The van der Waals surface area contributed by atoms with Crippen LogP contribution in [-0.4, -0.2) is 30.2 Å². The lowest BCUT2D eigenvalue weighted by atomic mass is 10.1. The first-order valence-electron chi connectivity index (χ1n) is 7.23. The Kier molecular flexibility index (Phi) is 5.10. The summed E-state index contributed by atoms with van der Waals surface area (Å²) in [5.74, 6) is -0.397. The van der Waals surface area contributed by atoms with Gasteiger partial charge in [0.1, 0.15) is 10.7 Å². The van der Waals surface area contributed by atoms with E-state index in [2.05, 4.69) is 6.07 Å². The van der Waals surface area contributed by atoms with Crippen molar-refractivity contribution in [3.63, 3.8) is 0 Å². The van der Waals surface area contributed by atoms with Gasteiger partial charge in [-0.3, -0.25) is 4.57 Å². The van der Waals surface area contributed by atoms with E-state index in [1.54, 1.807) is 13.0 Å². The third kappa shape index (κ3) is 3.31. The molecule has 1 N–H and O–H groups in total. The molecule has 6 heteroatoms. The highest BCUT2D eigenvalue weighted by Gasteiger charge is 2.21. The first-order valence-corrected chi connectivity index (χ1v) is 7.64. The minimum absolute atomic E-state index is 0.313. The number of nitrogens with one attached hydrogen (secondary N) is 1. The van der Waals surface area contributed by atoms with Gasteiger partial charge in [-0.15, -0.1) is 0 Å². The van der Waals surface area contributed by atoms with E-state index in [-0.39, 0.29) is 0 Å². The second-order valence-electron chi connectivity index (χ2n) is 5.24. The monoisotopic (exact) mass is 306 g/mol. The predicted octanol–water partition coefficient (Wildman–Crippen LogP) is 1.21. The highest BCUT2D eigenvalue weighted by Crippen LogP contribution is 2.14. The van der Waals surface area contributed by atoms with Crippen LogP contribution in [-0.2, 0) is 11.4 Å². The van der Waals surface area contributed by atoms with E-state index >= 15 is 0 Å². The van der Waals surface area contributed by atoms with E-state index in [0.717, 1.165) is 18.8 Å². The Labute approximate surface area is 129 Å². The molecular weight excluding hydrogens is 286 g/mol. The number of aromatic nitrogens is 1. The van der Waals surface area contributed by atoms with Gasteiger partial charge in [0.25, 0.3) is 0 Å². The Morgan fingerprint density at radius 1 is 1.52 bits per heavy atom. The van der Waals surface area contributed by atoms with Crippen LogP contribution in [0, 0.1) is 22.9 Å². The molecule has 0 saturated carbocycles. The quantitative estimate of drug-likeness (QED) is 0.671. The number of esters is 1. The van der Waals surface area contributed by atoms with Crippen molar-refractivity contribution in [3.05, 3.63) is 27.5 Å². The minimum atomic E-state index is -0.397. The molecule has 0 atom stereocenters. The number of likely N-dealkylation sites (tertiary alicyclic amines) is 1. The van der Waals surface area contributed by atoms with Gasteiger partial charge in [0.15, 0.2) is 6.67 Å². The van der Waals surface area contributed by atoms with Crippen LogP contribution < -0.4 is 4.90 Å². The van der Waals surface area contributed by atoms with Crippen molar-refractivity contribution in [2.24, 2.45) is 0 Å². The van der Waals surface area contributed by atoms with Gasteiger partial charge in [-0.2, -0.15) is 5.26 Å². The number of ether oxygens (including phenoxy) is 1. The second kappa shape index (κ2) is 6.83. The van der Waals surface area contributed by atoms with E-state index in [4.69, 9.17) is 17.0 Å². The smallest absolute Gasteiger partial charge is 0.339 e. The second-order valence-corrected chi connectivity index (χ2v) is 5.62. The topological polar surface area (TPSA) is 59.5 Å². The van der Waals surface area contributed by atoms with Gasteiger partial charge >= 0.3 is 5.97 Å². The number of rotatable bonds is 4. The zero-order valence-electron chi connectivity index (χ0n) is 12.4. The molecule has 2 rings (SSSR count). The Hall–Kier alpha value is -1.71. The number of hydrogen-bond donors (Lipinski definition) is 1. The molecule has 5 nitrogen and oxygen atoms in total. The highest BCUT2D eigenvalue weighted by molar-refractivity contribution is 7.71. The molecule has 0 aliphatic carbocycles. The molecule has 1 aliphatic heterocycles. The lowest BCUT2D eigenvalue weighted by Gasteiger charge is -2.19. The maximum Gasteiger partial charge on any atom is 0.339 e. The zero-order valence-corrected chi connectivity index (χ0v) is 13.3. The standard InChI is InChI=1S/C15H19N3O2S/c1-3-20-15(19)13-8-12(9-16)14(21)18(11(13)2)10-17-6-4-5-7-17/h8H,3-7,10H2,1-2H3/p+1. The fourth-order valence-electron chi connectivity index (χ4n) is 2.70. The van der Waals surface area contributed by atoms with Crippen molar-refractivity contribution < 1.29 is 14.4 Å². The SMILES string of the molecule is CCOC(=O)c1cc(C#N)c(=S)n(C[NH+]2CCCC2)c1C. The fraction of sp³-hybridized carbons (Fsp3) is 0.533. The van der Waals surface area contributed by atoms with Crippen LogP contribution >= 0.6 is 12.2 Å². The average Bonchev–Trinajstić information content (AvgIpc) is 2.97. The van der Waals surface area contributed by atoms with Crippen molar-refractivity contribution in [1.82, 2.24) is 4.57 Å². The average molecular weight is 306 g/mol. The number of quaternary nitrogens is 1. The van der Waals surface area contributed by atoms with Crippen LogP contribution in [0.15, 0.2) is 6.07 Å². The molecule has 2 heterocycles. The van der Waals surface area contributed by atoms with Gasteiger partial charge in [-0.25, -0.2) is 4.79 Å². The predicted molar refractivity (Wildman–Crippen MR) is 80.6 cm³/mol. The summed E-state index contributed by atoms with van der Waals surface area (Å²) in [5, 5.41) is 9.24. The van der Waals surface area contributed by atoms with Crippen LogP contribution in [0.5, 0.6) is 0 Å².